The molecule has 1 saturated heterocycles. The van der Waals surface area contributed by atoms with E-state index in [4.69, 9.17) is 9.47 Å². The first-order valence-electron chi connectivity index (χ1n) is 9.01. The number of rotatable bonds is 12. The summed E-state index contributed by atoms with van der Waals surface area (Å²) < 4.78 is 10.8. The zero-order chi connectivity index (χ0) is 16.9. The molecule has 1 aliphatic heterocycles. The van der Waals surface area contributed by atoms with Crippen LogP contribution < -0.4 is 0 Å². The van der Waals surface area contributed by atoms with Crippen LogP contribution >= 0.6 is 0 Å². The maximum Gasteiger partial charge on any atom is 0.111 e. The Morgan fingerprint density at radius 1 is 0.957 bits per heavy atom. The topological polar surface area (TPSA) is 79.2 Å². The molecule has 0 saturated carbocycles. The molecule has 0 radical (unpaired) electrons. The highest BCUT2D eigenvalue weighted by Crippen LogP contribution is 2.16. The number of ether oxygens (including phenoxy) is 2. The smallest absolute Gasteiger partial charge is 0.111 e. The van der Waals surface area contributed by atoms with Crippen LogP contribution in [0.25, 0.3) is 0 Å². The van der Waals surface area contributed by atoms with E-state index in [2.05, 4.69) is 19.1 Å². The highest BCUT2D eigenvalue weighted by molar-refractivity contribution is 4.86. The SMILES string of the molecule is C/C=C/CCCCCCCCCOC[C@H]1OC[C@H](O)[C@@H](O)[C@@H]1O. The molecule has 23 heavy (non-hydrogen) atoms. The molecule has 0 unspecified atom stereocenters. The van der Waals surface area contributed by atoms with Gasteiger partial charge in [-0.15, -0.1) is 0 Å². The third-order valence-corrected chi connectivity index (χ3v) is 4.28. The van der Waals surface area contributed by atoms with E-state index in [0.717, 1.165) is 12.8 Å². The highest BCUT2D eigenvalue weighted by Gasteiger charge is 2.37. The monoisotopic (exact) mass is 330 g/mol. The van der Waals surface area contributed by atoms with E-state index in [-0.39, 0.29) is 13.2 Å². The maximum absolute atomic E-state index is 9.77. The molecule has 0 aliphatic carbocycles. The van der Waals surface area contributed by atoms with Gasteiger partial charge >= 0.3 is 0 Å². The second-order valence-corrected chi connectivity index (χ2v) is 6.33. The molecule has 0 aromatic carbocycles. The van der Waals surface area contributed by atoms with Crippen LogP contribution in [0.15, 0.2) is 12.2 Å². The molecule has 1 heterocycles. The summed E-state index contributed by atoms with van der Waals surface area (Å²) in [5, 5.41) is 28.7. The highest BCUT2D eigenvalue weighted by atomic mass is 16.6. The Kier molecular flexibility index (Phi) is 11.5. The van der Waals surface area contributed by atoms with Gasteiger partial charge in [-0.2, -0.15) is 0 Å². The summed E-state index contributed by atoms with van der Waals surface area (Å²) in [6.45, 7) is 3.01. The van der Waals surface area contributed by atoms with E-state index >= 15 is 0 Å². The number of hydrogen-bond donors (Lipinski definition) is 3. The molecular weight excluding hydrogens is 296 g/mol. The van der Waals surface area contributed by atoms with E-state index in [1.54, 1.807) is 0 Å². The van der Waals surface area contributed by atoms with Crippen LogP contribution in [0.1, 0.15) is 58.3 Å². The van der Waals surface area contributed by atoms with Crippen molar-refractivity contribution in [1.82, 2.24) is 0 Å². The van der Waals surface area contributed by atoms with Gasteiger partial charge in [0, 0.05) is 6.61 Å². The molecule has 3 N–H and O–H groups in total. The number of aliphatic hydroxyl groups is 3. The van der Waals surface area contributed by atoms with Crippen LogP contribution in [0.5, 0.6) is 0 Å². The van der Waals surface area contributed by atoms with E-state index in [1.807, 2.05) is 0 Å². The van der Waals surface area contributed by atoms with Crippen molar-refractivity contribution in [2.24, 2.45) is 0 Å². The molecule has 1 rings (SSSR count). The van der Waals surface area contributed by atoms with E-state index < -0.39 is 24.4 Å². The summed E-state index contributed by atoms with van der Waals surface area (Å²) in [5.74, 6) is 0. The average Bonchev–Trinajstić information content (AvgIpc) is 2.55. The van der Waals surface area contributed by atoms with E-state index in [0.29, 0.717) is 6.61 Å². The van der Waals surface area contributed by atoms with Gasteiger partial charge in [0.05, 0.1) is 13.2 Å². The maximum atomic E-state index is 9.77. The van der Waals surface area contributed by atoms with Crippen LogP contribution in [-0.2, 0) is 9.47 Å². The van der Waals surface area contributed by atoms with Crippen molar-refractivity contribution in [3.05, 3.63) is 12.2 Å². The quantitative estimate of drug-likeness (QED) is 0.377. The van der Waals surface area contributed by atoms with Gasteiger partial charge in [0.15, 0.2) is 0 Å². The van der Waals surface area contributed by atoms with Crippen LogP contribution in [0.4, 0.5) is 0 Å². The molecule has 1 aliphatic rings. The first-order valence-corrected chi connectivity index (χ1v) is 9.01. The molecule has 0 aromatic heterocycles. The largest absolute Gasteiger partial charge is 0.388 e. The van der Waals surface area contributed by atoms with Gasteiger partial charge in [-0.05, 0) is 26.2 Å². The minimum atomic E-state index is -1.15. The molecule has 5 nitrogen and oxygen atoms in total. The fourth-order valence-corrected chi connectivity index (χ4v) is 2.73. The van der Waals surface area contributed by atoms with E-state index in [9.17, 15) is 15.3 Å². The van der Waals surface area contributed by atoms with Gasteiger partial charge in [0.25, 0.3) is 0 Å². The molecule has 1 fully saturated rings. The Hall–Kier alpha value is -0.460. The molecule has 0 bridgehead atoms. The summed E-state index contributed by atoms with van der Waals surface area (Å²) in [4.78, 5) is 0. The lowest BCUT2D eigenvalue weighted by Crippen LogP contribution is -2.54. The number of aliphatic hydroxyl groups excluding tert-OH is 3. The normalized spacial score (nSPS) is 28.5. The Morgan fingerprint density at radius 2 is 1.61 bits per heavy atom. The van der Waals surface area contributed by atoms with Crippen molar-refractivity contribution >= 4 is 0 Å². The molecular formula is C18H34O5. The van der Waals surface area contributed by atoms with Gasteiger partial charge in [0.1, 0.15) is 24.4 Å². The fourth-order valence-electron chi connectivity index (χ4n) is 2.73. The fraction of sp³-hybridized carbons (Fsp3) is 0.889. The van der Waals surface area contributed by atoms with Gasteiger partial charge in [-0.1, -0.05) is 44.3 Å². The molecule has 5 heteroatoms. The van der Waals surface area contributed by atoms with Crippen molar-refractivity contribution in [2.45, 2.75) is 82.7 Å². The number of allylic oxidation sites excluding steroid dienone is 2. The molecule has 0 aromatic rings. The zero-order valence-electron chi connectivity index (χ0n) is 14.4. The summed E-state index contributed by atoms with van der Waals surface area (Å²) in [5.41, 5.74) is 0. The van der Waals surface area contributed by atoms with E-state index in [1.165, 1.54) is 38.5 Å². The van der Waals surface area contributed by atoms with Gasteiger partial charge in [0.2, 0.25) is 0 Å². The van der Waals surface area contributed by atoms with Gasteiger partial charge < -0.3 is 24.8 Å². The second kappa shape index (κ2) is 12.9. The van der Waals surface area contributed by atoms with Crippen molar-refractivity contribution in [2.75, 3.05) is 19.8 Å². The molecule has 0 spiro atoms. The summed E-state index contributed by atoms with van der Waals surface area (Å²) in [6, 6.07) is 0. The summed E-state index contributed by atoms with van der Waals surface area (Å²) in [6.07, 6.45) is 10.3. The average molecular weight is 330 g/mol. The van der Waals surface area contributed by atoms with Crippen molar-refractivity contribution < 1.29 is 24.8 Å². The number of unbranched alkanes of at least 4 members (excludes halogenated alkanes) is 7. The van der Waals surface area contributed by atoms with Crippen LogP contribution in [-0.4, -0.2) is 59.6 Å². The number of hydrogen-bond acceptors (Lipinski definition) is 5. The molecule has 4 atom stereocenters. The first-order chi connectivity index (χ1) is 11.2. The van der Waals surface area contributed by atoms with Crippen molar-refractivity contribution in [3.63, 3.8) is 0 Å². The third kappa shape index (κ3) is 8.82. The Labute approximate surface area is 140 Å². The van der Waals surface area contributed by atoms with Crippen molar-refractivity contribution in [3.8, 4) is 0 Å². The van der Waals surface area contributed by atoms with Gasteiger partial charge in [-0.3, -0.25) is 0 Å². The Bertz CT molecular complexity index is 308. The van der Waals surface area contributed by atoms with Gasteiger partial charge in [-0.25, -0.2) is 0 Å². The first kappa shape index (κ1) is 20.6. The Morgan fingerprint density at radius 3 is 2.30 bits per heavy atom. The van der Waals surface area contributed by atoms with Crippen LogP contribution in [0.2, 0.25) is 0 Å². The Balaban J connectivity index is 1.88. The molecule has 0 amide bonds. The summed E-state index contributed by atoms with van der Waals surface area (Å²) in [7, 11) is 0. The zero-order valence-corrected chi connectivity index (χ0v) is 14.4. The lowest BCUT2D eigenvalue weighted by Gasteiger charge is -2.35. The predicted octanol–water partition coefficient (Wildman–Crippen LogP) is 2.18. The van der Waals surface area contributed by atoms with Crippen molar-refractivity contribution in [1.29, 1.82) is 0 Å². The minimum Gasteiger partial charge on any atom is -0.388 e. The lowest BCUT2D eigenvalue weighted by molar-refractivity contribution is -0.199. The summed E-state index contributed by atoms with van der Waals surface area (Å²) >= 11 is 0. The van der Waals surface area contributed by atoms with Crippen LogP contribution in [0.3, 0.4) is 0 Å². The van der Waals surface area contributed by atoms with Crippen LogP contribution in [0, 0.1) is 0 Å². The minimum absolute atomic E-state index is 0.0420. The predicted molar refractivity (Wildman–Crippen MR) is 90.3 cm³/mol. The molecule has 136 valence electrons. The third-order valence-electron chi connectivity index (χ3n) is 4.28. The second-order valence-electron chi connectivity index (χ2n) is 6.33. The lowest BCUT2D eigenvalue weighted by atomic mass is 10.0. The standard InChI is InChI=1S/C18H34O5/c1-2-3-4-5-6-7-8-9-10-11-12-22-14-16-18(21)17(20)15(19)13-23-16/h2-3,15-21H,4-14H2,1H3/b3-2+/t15-,16+,17+,18+/m0/s1.